The Morgan fingerprint density at radius 1 is 1.36 bits per heavy atom. The van der Waals surface area contributed by atoms with Crippen LogP contribution in [0.4, 0.5) is 5.13 Å². The van der Waals surface area contributed by atoms with E-state index < -0.39 is 0 Å². The van der Waals surface area contributed by atoms with E-state index in [-0.39, 0.29) is 17.9 Å². The van der Waals surface area contributed by atoms with Crippen LogP contribution < -0.4 is 10.2 Å². The average molecular weight is 342 g/mol. The molecule has 22 heavy (non-hydrogen) atoms. The molecule has 2 rings (SSSR count). The van der Waals surface area contributed by atoms with Crippen LogP contribution in [0.15, 0.2) is 4.34 Å². The van der Waals surface area contributed by atoms with E-state index in [1.807, 2.05) is 6.92 Å². The van der Waals surface area contributed by atoms with Gasteiger partial charge < -0.3 is 5.32 Å². The van der Waals surface area contributed by atoms with Crippen molar-refractivity contribution in [1.82, 2.24) is 15.5 Å². The highest BCUT2D eigenvalue weighted by molar-refractivity contribution is 8.01. The Morgan fingerprint density at radius 3 is 2.77 bits per heavy atom. The van der Waals surface area contributed by atoms with Gasteiger partial charge in [0.25, 0.3) is 0 Å². The minimum absolute atomic E-state index is 0.0129. The van der Waals surface area contributed by atoms with Crippen molar-refractivity contribution in [3.05, 3.63) is 0 Å². The van der Waals surface area contributed by atoms with Crippen molar-refractivity contribution in [2.45, 2.75) is 56.3 Å². The molecule has 0 unspecified atom stereocenters. The predicted molar refractivity (Wildman–Crippen MR) is 89.3 cm³/mol. The average Bonchev–Trinajstić information content (AvgIpc) is 3.23. The maximum Gasteiger partial charge on any atom is 0.230 e. The summed E-state index contributed by atoms with van der Waals surface area (Å²) in [5.74, 6) is 0.440. The Kier molecular flexibility index (Phi) is 6.63. The number of amides is 2. The van der Waals surface area contributed by atoms with Gasteiger partial charge in [-0.2, -0.15) is 0 Å². The highest BCUT2D eigenvalue weighted by Gasteiger charge is 2.35. The zero-order valence-electron chi connectivity index (χ0n) is 13.0. The number of thioether (sulfide) groups is 1. The van der Waals surface area contributed by atoms with Crippen LogP contribution in [-0.2, 0) is 9.59 Å². The second-order valence-electron chi connectivity index (χ2n) is 5.19. The number of unbranched alkanes of at least 4 members (excludes halogenated alkanes) is 1. The van der Waals surface area contributed by atoms with Crippen molar-refractivity contribution < 1.29 is 9.59 Å². The molecule has 122 valence electrons. The molecule has 1 saturated carbocycles. The molecule has 1 aromatic heterocycles. The summed E-state index contributed by atoms with van der Waals surface area (Å²) in [5, 5.41) is 11.7. The quantitative estimate of drug-likeness (QED) is 0.424. The number of nitrogens with one attached hydrogen (secondary N) is 1. The summed E-state index contributed by atoms with van der Waals surface area (Å²) in [7, 11) is 0. The second-order valence-corrected chi connectivity index (χ2v) is 7.37. The van der Waals surface area contributed by atoms with Crippen LogP contribution in [0.2, 0.25) is 0 Å². The first kappa shape index (κ1) is 17.2. The van der Waals surface area contributed by atoms with Gasteiger partial charge in [-0.25, -0.2) is 0 Å². The molecule has 1 fully saturated rings. The molecule has 0 spiro atoms. The maximum atomic E-state index is 12.0. The predicted octanol–water partition coefficient (Wildman–Crippen LogP) is 2.45. The van der Waals surface area contributed by atoms with Gasteiger partial charge in [-0.1, -0.05) is 43.4 Å². The summed E-state index contributed by atoms with van der Waals surface area (Å²) in [6, 6.07) is 0.288. The number of aromatic nitrogens is 2. The van der Waals surface area contributed by atoms with Gasteiger partial charge >= 0.3 is 0 Å². The van der Waals surface area contributed by atoms with Gasteiger partial charge in [-0.05, 0) is 19.3 Å². The maximum absolute atomic E-state index is 12.0. The molecule has 0 bridgehead atoms. The van der Waals surface area contributed by atoms with E-state index >= 15 is 0 Å². The van der Waals surface area contributed by atoms with Crippen molar-refractivity contribution in [2.75, 3.05) is 17.2 Å². The fourth-order valence-corrected chi connectivity index (χ4v) is 3.67. The molecule has 0 aliphatic heterocycles. The molecule has 8 heteroatoms. The number of nitrogens with zero attached hydrogens (tertiary/aromatic N) is 3. The third-order valence-electron chi connectivity index (χ3n) is 3.26. The summed E-state index contributed by atoms with van der Waals surface area (Å²) < 4.78 is 0.732. The van der Waals surface area contributed by atoms with E-state index in [0.29, 0.717) is 17.3 Å². The largest absolute Gasteiger partial charge is 0.355 e. The molecule has 0 saturated heterocycles. The van der Waals surface area contributed by atoms with Crippen LogP contribution in [0, 0.1) is 0 Å². The smallest absolute Gasteiger partial charge is 0.230 e. The van der Waals surface area contributed by atoms with E-state index in [1.54, 1.807) is 4.90 Å². The van der Waals surface area contributed by atoms with Gasteiger partial charge in [-0.15, -0.1) is 10.2 Å². The molecule has 0 aromatic carbocycles. The van der Waals surface area contributed by atoms with Crippen LogP contribution in [0.1, 0.15) is 46.0 Å². The first-order valence-electron chi connectivity index (χ1n) is 7.70. The van der Waals surface area contributed by atoms with Gasteiger partial charge in [0, 0.05) is 19.0 Å². The highest BCUT2D eigenvalue weighted by atomic mass is 32.2. The summed E-state index contributed by atoms with van der Waals surface area (Å²) >= 11 is 2.76. The van der Waals surface area contributed by atoms with Crippen molar-refractivity contribution >= 4 is 40.0 Å². The van der Waals surface area contributed by atoms with E-state index in [9.17, 15) is 9.59 Å². The molecule has 2 amide bonds. The Bertz CT molecular complexity index is 517. The topological polar surface area (TPSA) is 75.2 Å². The number of anilines is 1. The monoisotopic (exact) mass is 342 g/mol. The minimum Gasteiger partial charge on any atom is -0.355 e. The van der Waals surface area contributed by atoms with Gasteiger partial charge in [0.05, 0.1) is 5.75 Å². The molecule has 6 nitrogen and oxygen atoms in total. The molecule has 1 aromatic rings. The van der Waals surface area contributed by atoms with E-state index in [1.165, 1.54) is 23.1 Å². The van der Waals surface area contributed by atoms with Crippen LogP contribution >= 0.6 is 23.1 Å². The van der Waals surface area contributed by atoms with Gasteiger partial charge in [0.1, 0.15) is 0 Å². The third kappa shape index (κ3) is 4.95. The van der Waals surface area contributed by atoms with E-state index in [4.69, 9.17) is 0 Å². The lowest BCUT2D eigenvalue weighted by molar-refractivity contribution is -0.119. The highest BCUT2D eigenvalue weighted by Crippen LogP contribution is 2.36. The lowest BCUT2D eigenvalue weighted by Gasteiger charge is -2.17. The Hall–Kier alpha value is -1.15. The molecule has 1 aliphatic carbocycles. The standard InChI is InChI=1S/C14H22N4O2S2/c1-3-5-8-15-11(19)9-21-14-17-16-13(22-14)18(10-6-7-10)12(20)4-2/h10H,3-9H2,1-2H3,(H,15,19). The van der Waals surface area contributed by atoms with Crippen molar-refractivity contribution in [3.63, 3.8) is 0 Å². The molecule has 1 heterocycles. The van der Waals surface area contributed by atoms with Crippen molar-refractivity contribution in [3.8, 4) is 0 Å². The van der Waals surface area contributed by atoms with E-state index in [2.05, 4.69) is 22.4 Å². The van der Waals surface area contributed by atoms with Crippen molar-refractivity contribution in [2.24, 2.45) is 0 Å². The lowest BCUT2D eigenvalue weighted by atomic mass is 10.3. The Morgan fingerprint density at radius 2 is 2.14 bits per heavy atom. The second kappa shape index (κ2) is 8.47. The zero-order chi connectivity index (χ0) is 15.9. The van der Waals surface area contributed by atoms with Gasteiger partial charge in [0.2, 0.25) is 16.9 Å². The Balaban J connectivity index is 1.85. The molecule has 0 atom stereocenters. The summed E-state index contributed by atoms with van der Waals surface area (Å²) in [5.41, 5.74) is 0. The number of rotatable bonds is 9. The summed E-state index contributed by atoms with van der Waals surface area (Å²) in [6.07, 6.45) is 4.60. The summed E-state index contributed by atoms with van der Waals surface area (Å²) in [4.78, 5) is 25.4. The lowest BCUT2D eigenvalue weighted by Crippen LogP contribution is -2.32. The van der Waals surface area contributed by atoms with Gasteiger partial charge in [-0.3, -0.25) is 14.5 Å². The SMILES string of the molecule is CCCCNC(=O)CSc1nnc(N(C(=O)CC)C2CC2)s1. The number of hydrogen-bond acceptors (Lipinski definition) is 6. The molecule has 1 aliphatic rings. The molecular weight excluding hydrogens is 320 g/mol. The van der Waals surface area contributed by atoms with E-state index in [0.717, 1.165) is 36.6 Å². The normalized spacial score (nSPS) is 13.9. The van der Waals surface area contributed by atoms with Crippen LogP contribution in [0.25, 0.3) is 0 Å². The minimum atomic E-state index is 0.0129. The molecular formula is C14H22N4O2S2. The summed E-state index contributed by atoms with van der Waals surface area (Å²) in [6.45, 7) is 4.67. The third-order valence-corrected chi connectivity index (χ3v) is 5.32. The fourth-order valence-electron chi connectivity index (χ4n) is 1.91. The molecule has 0 radical (unpaired) electrons. The van der Waals surface area contributed by atoms with Crippen LogP contribution in [0.5, 0.6) is 0 Å². The number of hydrogen-bond donors (Lipinski definition) is 1. The first-order chi connectivity index (χ1) is 10.7. The zero-order valence-corrected chi connectivity index (χ0v) is 14.6. The van der Waals surface area contributed by atoms with Crippen LogP contribution in [0.3, 0.4) is 0 Å². The number of carbonyl (C=O) groups is 2. The fraction of sp³-hybridized carbons (Fsp3) is 0.714. The van der Waals surface area contributed by atoms with Crippen molar-refractivity contribution in [1.29, 1.82) is 0 Å². The molecule has 1 N–H and O–H groups in total. The first-order valence-corrected chi connectivity index (χ1v) is 9.51. The number of carbonyl (C=O) groups excluding carboxylic acids is 2. The van der Waals surface area contributed by atoms with Gasteiger partial charge in [0.15, 0.2) is 4.34 Å². The van der Waals surface area contributed by atoms with Crippen LogP contribution in [-0.4, -0.2) is 40.4 Å². The Labute approximate surface area is 139 Å².